The van der Waals surface area contributed by atoms with E-state index >= 15 is 0 Å². The van der Waals surface area contributed by atoms with E-state index in [9.17, 15) is 80.5 Å². The van der Waals surface area contributed by atoms with Gasteiger partial charge in [0, 0.05) is 10.8 Å². The Hall–Kier alpha value is -3.84. The van der Waals surface area contributed by atoms with Gasteiger partial charge in [0.25, 0.3) is 0 Å². The van der Waals surface area contributed by atoms with Crippen molar-refractivity contribution in [2.24, 2.45) is 56.2 Å². The van der Waals surface area contributed by atoms with E-state index in [2.05, 4.69) is 19.9 Å². The number of carboxylic acid groups (broad SMARTS) is 1. The van der Waals surface area contributed by atoms with Crippen LogP contribution in [0.25, 0.3) is 0 Å². The first-order valence-electron chi connectivity index (χ1n) is 30.0. The van der Waals surface area contributed by atoms with Crippen LogP contribution in [0.5, 0.6) is 0 Å². The predicted octanol–water partition coefficient (Wildman–Crippen LogP) is 0.232. The van der Waals surface area contributed by atoms with Gasteiger partial charge in [0.15, 0.2) is 37.2 Å². The second-order valence-electron chi connectivity index (χ2n) is 27.7. The molecule has 0 aromatic heterocycles. The van der Waals surface area contributed by atoms with E-state index in [1.165, 1.54) is 19.1 Å². The zero-order chi connectivity index (χ0) is 63.3. The number of aliphatic hydroxyl groups excluding tert-OH is 11. The Morgan fingerprint density at radius 2 is 1.22 bits per heavy atom. The van der Waals surface area contributed by atoms with Crippen molar-refractivity contribution in [2.75, 3.05) is 19.8 Å². The molecule has 86 heavy (non-hydrogen) atoms. The summed E-state index contributed by atoms with van der Waals surface area (Å²) in [7, 11) is 0. The molecule has 0 amide bonds. The van der Waals surface area contributed by atoms with E-state index in [1.54, 1.807) is 32.0 Å². The molecule has 9 rings (SSSR count). The monoisotopic (exact) mass is 1220 g/mol. The molecule has 1 aromatic rings. The van der Waals surface area contributed by atoms with E-state index in [4.69, 9.17) is 42.6 Å². The first kappa shape index (κ1) is 66.6. The lowest BCUT2D eigenvalue weighted by Crippen LogP contribution is -2.76. The number of carbonyl (C=O) groups is 4. The van der Waals surface area contributed by atoms with Crippen molar-refractivity contribution in [1.82, 2.24) is 0 Å². The van der Waals surface area contributed by atoms with Crippen LogP contribution in [0.4, 0.5) is 0 Å². The van der Waals surface area contributed by atoms with Gasteiger partial charge < -0.3 is 104 Å². The van der Waals surface area contributed by atoms with Crippen LogP contribution in [0.1, 0.15) is 118 Å². The number of hydrogen-bond acceptors (Lipinski definition) is 24. The molecule has 3 aliphatic heterocycles. The molecule has 5 aliphatic carbocycles. The van der Waals surface area contributed by atoms with Gasteiger partial charge >= 0.3 is 23.9 Å². The van der Waals surface area contributed by atoms with Gasteiger partial charge in [-0.3, -0.25) is 4.79 Å². The van der Waals surface area contributed by atoms with Gasteiger partial charge in [-0.2, -0.15) is 0 Å². The van der Waals surface area contributed by atoms with Gasteiger partial charge in [-0.25, -0.2) is 14.4 Å². The first-order valence-corrected chi connectivity index (χ1v) is 30.0. The van der Waals surface area contributed by atoms with Crippen LogP contribution in [0, 0.1) is 56.2 Å². The first-order chi connectivity index (χ1) is 40.2. The molecule has 3 saturated heterocycles. The lowest BCUT2D eigenvalue weighted by molar-refractivity contribution is -0.386. The van der Waals surface area contributed by atoms with Crippen molar-refractivity contribution in [3.63, 3.8) is 0 Å². The number of aliphatic carboxylic acids is 1. The summed E-state index contributed by atoms with van der Waals surface area (Å²) in [4.78, 5) is 53.9. The maximum absolute atomic E-state index is 14.1. The standard InChI is InChI=1S/C61H90O25/c1-26(2)50(75)86-48-47(85-51(76)27(3)78-52(77)28-14-12-11-13-15-28)56(4,5)22-30-29-16-17-34-58(8)20-19-35(57(6,7)33(58)18-21-59(34,9)60(29,10)45(71)46(72)61(30,48)25-64)81-55-44(84-54-40(69)38(67)36(65)31(23-62)79-54)42(41(70)43(83-55)49(73)74)82-53-39(68)37(66)32(24-63)80-53/h11-16,26-27,30-48,53-55,62-72H,17-25H2,1-10H3,(H,73,74)/t27?,30?,31?,32-,33?,34?,35-,36-,37+,38+,39?,40?,41-,42+,43?,44?,45-,46+,47-,48-,53-,54-,55+,58-,59+,60-,61-/m0/s1. The third kappa shape index (κ3) is 10.8. The van der Waals surface area contributed by atoms with E-state index in [0.717, 1.165) is 5.57 Å². The largest absolute Gasteiger partial charge is 0.479 e. The Kier molecular flexibility index (Phi) is 18.9. The number of benzene rings is 1. The van der Waals surface area contributed by atoms with Crippen molar-refractivity contribution in [3.8, 4) is 0 Å². The average molecular weight is 1220 g/mol. The van der Waals surface area contributed by atoms with Crippen LogP contribution in [0.15, 0.2) is 42.0 Å². The zero-order valence-electron chi connectivity index (χ0n) is 50.4. The number of aliphatic hydroxyl groups is 11. The van der Waals surface area contributed by atoms with Crippen LogP contribution in [-0.2, 0) is 57.0 Å². The summed E-state index contributed by atoms with van der Waals surface area (Å²) in [5, 5.41) is 134. The van der Waals surface area contributed by atoms with Crippen LogP contribution in [0.3, 0.4) is 0 Å². The molecular weight excluding hydrogens is 1130 g/mol. The second kappa shape index (κ2) is 24.4. The molecule has 12 N–H and O–H groups in total. The van der Waals surface area contributed by atoms with Crippen molar-refractivity contribution < 1.29 is 123 Å². The van der Waals surface area contributed by atoms with Crippen LogP contribution in [-0.4, -0.2) is 228 Å². The highest BCUT2D eigenvalue weighted by molar-refractivity contribution is 5.91. The normalized spacial score (nSPS) is 46.3. The Balaban J connectivity index is 1.03. The van der Waals surface area contributed by atoms with Crippen molar-refractivity contribution in [1.29, 1.82) is 0 Å². The molecule has 8 aliphatic rings. The molecule has 4 saturated carbocycles. The minimum Gasteiger partial charge on any atom is -0.479 e. The smallest absolute Gasteiger partial charge is 0.347 e. The van der Waals surface area contributed by atoms with Gasteiger partial charge in [-0.15, -0.1) is 0 Å². The Morgan fingerprint density at radius 1 is 0.640 bits per heavy atom. The fourth-order valence-corrected chi connectivity index (χ4v) is 16.9. The van der Waals surface area contributed by atoms with Crippen LogP contribution in [0.2, 0.25) is 0 Å². The van der Waals surface area contributed by atoms with Crippen molar-refractivity contribution >= 4 is 23.9 Å². The second-order valence-corrected chi connectivity index (χ2v) is 27.7. The molecule has 484 valence electrons. The number of allylic oxidation sites excluding steroid dienone is 1. The number of hydrogen-bond donors (Lipinski definition) is 12. The summed E-state index contributed by atoms with van der Waals surface area (Å²) in [6.07, 6.45) is -29.5. The Morgan fingerprint density at radius 3 is 1.80 bits per heavy atom. The zero-order valence-corrected chi connectivity index (χ0v) is 50.4. The highest BCUT2D eigenvalue weighted by Gasteiger charge is 2.76. The summed E-state index contributed by atoms with van der Waals surface area (Å²) < 4.78 is 54.6. The Labute approximate surface area is 499 Å². The van der Waals surface area contributed by atoms with Crippen molar-refractivity contribution in [2.45, 2.75) is 230 Å². The number of fused-ring (bicyclic) bond motifs is 7. The summed E-state index contributed by atoms with van der Waals surface area (Å²) in [5.41, 5.74) is -5.23. The van der Waals surface area contributed by atoms with Crippen molar-refractivity contribution in [3.05, 3.63) is 47.5 Å². The average Bonchev–Trinajstić information content (AvgIpc) is 0.718. The fraction of sp³-hybridized carbons (Fsp3) is 0.803. The number of carbonyl (C=O) groups excluding carboxylic acids is 3. The molecule has 9 unspecified atom stereocenters. The highest BCUT2D eigenvalue weighted by atomic mass is 16.8. The summed E-state index contributed by atoms with van der Waals surface area (Å²) in [6, 6.07) is 8.07. The summed E-state index contributed by atoms with van der Waals surface area (Å²) in [6.45, 7) is 16.1. The summed E-state index contributed by atoms with van der Waals surface area (Å²) in [5.74, 6) is -5.93. The number of ether oxygens (including phenoxy) is 9. The van der Waals surface area contributed by atoms with E-state index in [1.807, 2.05) is 34.6 Å². The molecule has 25 heteroatoms. The molecule has 0 radical (unpaired) electrons. The van der Waals surface area contributed by atoms with Gasteiger partial charge in [0.05, 0.1) is 55.0 Å². The molecule has 0 bridgehead atoms. The molecule has 25 nitrogen and oxygen atoms in total. The minimum absolute atomic E-state index is 0.187. The highest BCUT2D eigenvalue weighted by Crippen LogP contribution is 2.76. The maximum atomic E-state index is 14.1. The van der Waals surface area contributed by atoms with E-state index < -0.39 is 211 Å². The van der Waals surface area contributed by atoms with Gasteiger partial charge in [-0.05, 0) is 91.6 Å². The number of carboxylic acids is 1. The topological polar surface area (TPSA) is 394 Å². The quantitative estimate of drug-likeness (QED) is 0.0456. The SMILES string of the molecule is CC(C)C(=O)O[C@H]1[C@H](OC(=O)C(C)OC(=O)c2ccccc2)C(C)(C)CC2C3=CCC4[C@@]5(C)CC[C@H](O[C@@H]6OC(C(=O)O)[C@@H](O)[C@@H](O[C@@H]7O[C@@H](CO)[C@@H](O)C7O)C6O[C@@H]6OC(CO)[C@H](O)[C@@H](O)C6O)C(C)(C)C5CC[C@@]4(C)[C@]3(C)[C@@H](O)[C@@H](O)[C@]21CO. The third-order valence-electron chi connectivity index (χ3n) is 22.0. The number of rotatable bonds is 16. The van der Waals surface area contributed by atoms with Crippen LogP contribution < -0.4 is 0 Å². The maximum Gasteiger partial charge on any atom is 0.347 e. The lowest BCUT2D eigenvalue weighted by Gasteiger charge is -2.73. The lowest BCUT2D eigenvalue weighted by atomic mass is 9.32. The fourth-order valence-electron chi connectivity index (χ4n) is 16.9. The number of esters is 3. The van der Waals surface area contributed by atoms with Crippen LogP contribution >= 0.6 is 0 Å². The van der Waals surface area contributed by atoms with Gasteiger partial charge in [0.1, 0.15) is 67.1 Å². The van der Waals surface area contributed by atoms with Gasteiger partial charge in [-0.1, -0.05) is 92.2 Å². The molecule has 3 heterocycles. The van der Waals surface area contributed by atoms with Gasteiger partial charge in [0.2, 0.25) is 0 Å². The summed E-state index contributed by atoms with van der Waals surface area (Å²) >= 11 is 0. The molecule has 1 aromatic carbocycles. The molecule has 27 atom stereocenters. The molecule has 7 fully saturated rings. The van der Waals surface area contributed by atoms with E-state index in [-0.39, 0.29) is 30.2 Å². The third-order valence-corrected chi connectivity index (χ3v) is 22.0. The molecular formula is C61H90O25. The predicted molar refractivity (Wildman–Crippen MR) is 294 cm³/mol. The molecule has 0 spiro atoms. The minimum atomic E-state index is -2.14. The Bertz CT molecular complexity index is 2650. The van der Waals surface area contributed by atoms with E-state index in [0.29, 0.717) is 25.7 Å².